The third-order valence-corrected chi connectivity index (χ3v) is 4.83. The first kappa shape index (κ1) is 16.5. The van der Waals surface area contributed by atoms with Crippen LogP contribution in [0.4, 0.5) is 10.5 Å². The Morgan fingerprint density at radius 1 is 1.08 bits per heavy atom. The van der Waals surface area contributed by atoms with E-state index in [1.54, 1.807) is 12.4 Å². The molecular formula is C19H22N4O3. The van der Waals surface area contributed by atoms with E-state index in [4.69, 9.17) is 9.47 Å². The second-order valence-electron chi connectivity index (χ2n) is 6.46. The third-order valence-electron chi connectivity index (χ3n) is 4.83. The van der Waals surface area contributed by atoms with Crippen LogP contribution in [0.1, 0.15) is 18.5 Å². The average molecular weight is 354 g/mol. The van der Waals surface area contributed by atoms with Crippen LogP contribution in [0.2, 0.25) is 0 Å². The first-order chi connectivity index (χ1) is 12.7. The summed E-state index contributed by atoms with van der Waals surface area (Å²) in [5, 5.41) is 3.07. The van der Waals surface area contributed by atoms with E-state index in [1.165, 1.54) is 0 Å². The van der Waals surface area contributed by atoms with Gasteiger partial charge < -0.3 is 24.6 Å². The molecule has 26 heavy (non-hydrogen) atoms. The van der Waals surface area contributed by atoms with Crippen molar-refractivity contribution in [2.45, 2.75) is 13.0 Å². The Hall–Kier alpha value is -2.96. The monoisotopic (exact) mass is 354 g/mol. The fourth-order valence-corrected chi connectivity index (χ4v) is 3.26. The average Bonchev–Trinajstić information content (AvgIpc) is 3.16. The van der Waals surface area contributed by atoms with Crippen LogP contribution in [0.5, 0.6) is 11.5 Å². The van der Waals surface area contributed by atoms with Crippen LogP contribution in [0.15, 0.2) is 42.7 Å². The Morgan fingerprint density at radius 3 is 2.58 bits per heavy atom. The van der Waals surface area contributed by atoms with Crippen molar-refractivity contribution in [2.75, 3.05) is 37.9 Å². The number of hydrogen-bond acceptors (Lipinski definition) is 5. The lowest BCUT2D eigenvalue weighted by atomic mass is 10.1. The predicted molar refractivity (Wildman–Crippen MR) is 97.5 cm³/mol. The molecule has 2 amide bonds. The molecule has 1 aromatic heterocycles. The summed E-state index contributed by atoms with van der Waals surface area (Å²) < 4.78 is 10.7. The summed E-state index contributed by atoms with van der Waals surface area (Å²) in [5.41, 5.74) is 2.15. The van der Waals surface area contributed by atoms with E-state index in [1.807, 2.05) is 42.2 Å². The zero-order chi connectivity index (χ0) is 17.9. The number of fused-ring (bicyclic) bond motifs is 1. The molecule has 0 saturated carbocycles. The van der Waals surface area contributed by atoms with Crippen molar-refractivity contribution >= 4 is 11.7 Å². The Morgan fingerprint density at radius 2 is 1.81 bits per heavy atom. The van der Waals surface area contributed by atoms with Crippen LogP contribution < -0.4 is 19.7 Å². The molecule has 1 saturated heterocycles. The van der Waals surface area contributed by atoms with Crippen LogP contribution in [-0.4, -0.2) is 48.9 Å². The molecule has 0 aliphatic carbocycles. The number of carbonyl (C=O) groups is 1. The van der Waals surface area contributed by atoms with Gasteiger partial charge in [-0.3, -0.25) is 4.98 Å². The first-order valence-corrected chi connectivity index (χ1v) is 8.80. The summed E-state index contributed by atoms with van der Waals surface area (Å²) in [6, 6.07) is 9.62. The summed E-state index contributed by atoms with van der Waals surface area (Å²) in [5.74, 6) is 1.48. The van der Waals surface area contributed by atoms with E-state index in [0.717, 1.165) is 35.8 Å². The number of benzene rings is 1. The Balaban J connectivity index is 1.32. The van der Waals surface area contributed by atoms with Crippen molar-refractivity contribution < 1.29 is 14.3 Å². The van der Waals surface area contributed by atoms with Gasteiger partial charge in [-0.1, -0.05) is 6.07 Å². The molecule has 1 N–H and O–H groups in total. The maximum Gasteiger partial charge on any atom is 0.317 e. The van der Waals surface area contributed by atoms with Gasteiger partial charge in [-0.2, -0.15) is 0 Å². The van der Waals surface area contributed by atoms with Gasteiger partial charge in [0.1, 0.15) is 0 Å². The largest absolute Gasteiger partial charge is 0.454 e. The molecule has 1 fully saturated rings. The highest BCUT2D eigenvalue weighted by atomic mass is 16.7. The minimum absolute atomic E-state index is 0.0375. The molecule has 0 bridgehead atoms. The van der Waals surface area contributed by atoms with Crippen LogP contribution in [0.25, 0.3) is 0 Å². The van der Waals surface area contributed by atoms with Gasteiger partial charge in [-0.05, 0) is 36.8 Å². The molecule has 1 unspecified atom stereocenters. The molecule has 136 valence electrons. The highest BCUT2D eigenvalue weighted by molar-refractivity contribution is 5.75. The van der Waals surface area contributed by atoms with Gasteiger partial charge in [0.2, 0.25) is 6.79 Å². The van der Waals surface area contributed by atoms with Crippen molar-refractivity contribution in [2.24, 2.45) is 0 Å². The lowest BCUT2D eigenvalue weighted by Gasteiger charge is -2.36. The molecule has 1 aromatic carbocycles. The summed E-state index contributed by atoms with van der Waals surface area (Å²) in [6.45, 7) is 5.25. The molecule has 2 aliphatic heterocycles. The molecule has 4 rings (SSSR count). The summed E-state index contributed by atoms with van der Waals surface area (Å²) in [4.78, 5) is 20.8. The van der Waals surface area contributed by atoms with Crippen LogP contribution in [-0.2, 0) is 0 Å². The van der Waals surface area contributed by atoms with Gasteiger partial charge in [-0.15, -0.1) is 0 Å². The quantitative estimate of drug-likeness (QED) is 0.917. The number of urea groups is 1. The van der Waals surface area contributed by atoms with Crippen LogP contribution in [0.3, 0.4) is 0 Å². The van der Waals surface area contributed by atoms with E-state index >= 15 is 0 Å². The van der Waals surface area contributed by atoms with Crippen molar-refractivity contribution in [3.8, 4) is 11.5 Å². The Kier molecular flexibility index (Phi) is 4.51. The number of aromatic nitrogens is 1. The maximum atomic E-state index is 12.6. The number of ether oxygens (including phenoxy) is 2. The highest BCUT2D eigenvalue weighted by Gasteiger charge is 2.23. The van der Waals surface area contributed by atoms with Gasteiger partial charge >= 0.3 is 6.03 Å². The second kappa shape index (κ2) is 7.11. The maximum absolute atomic E-state index is 12.6. The Labute approximate surface area is 152 Å². The number of anilines is 1. The molecule has 2 aliphatic rings. The van der Waals surface area contributed by atoms with E-state index in [9.17, 15) is 4.79 Å². The van der Waals surface area contributed by atoms with Crippen LogP contribution >= 0.6 is 0 Å². The number of amides is 2. The van der Waals surface area contributed by atoms with Crippen LogP contribution in [0, 0.1) is 0 Å². The molecule has 1 atom stereocenters. The van der Waals surface area contributed by atoms with Gasteiger partial charge in [0, 0.05) is 44.3 Å². The minimum Gasteiger partial charge on any atom is -0.454 e. The summed E-state index contributed by atoms with van der Waals surface area (Å²) >= 11 is 0. The van der Waals surface area contributed by atoms with Gasteiger partial charge in [0.05, 0.1) is 6.04 Å². The van der Waals surface area contributed by atoms with Crippen molar-refractivity contribution in [1.29, 1.82) is 0 Å². The first-order valence-electron chi connectivity index (χ1n) is 8.80. The normalized spacial score (nSPS) is 17.1. The fourth-order valence-electron chi connectivity index (χ4n) is 3.26. The number of hydrogen-bond donors (Lipinski definition) is 1. The summed E-state index contributed by atoms with van der Waals surface area (Å²) in [6.07, 6.45) is 3.59. The van der Waals surface area contributed by atoms with Crippen molar-refractivity contribution in [3.05, 3.63) is 48.3 Å². The predicted octanol–water partition coefficient (Wildman–Crippen LogP) is 2.40. The SMILES string of the molecule is CC(NC(=O)N1CCN(c2ccncc2)CC1)c1ccc2c(c1)OCO2. The standard InChI is InChI=1S/C19H22N4O3/c1-14(15-2-3-17-18(12-15)26-13-25-17)21-19(24)23-10-8-22(9-11-23)16-4-6-20-7-5-16/h2-7,12,14H,8-11,13H2,1H3,(H,21,24). The van der Waals surface area contributed by atoms with Gasteiger partial charge in [-0.25, -0.2) is 4.79 Å². The number of nitrogens with zero attached hydrogens (tertiary/aromatic N) is 3. The molecule has 2 aromatic rings. The lowest BCUT2D eigenvalue weighted by Crippen LogP contribution is -2.52. The van der Waals surface area contributed by atoms with Gasteiger partial charge in [0.25, 0.3) is 0 Å². The zero-order valence-corrected chi connectivity index (χ0v) is 14.7. The lowest BCUT2D eigenvalue weighted by molar-refractivity contribution is 0.174. The second-order valence-corrected chi connectivity index (χ2v) is 6.46. The number of piperazine rings is 1. The minimum atomic E-state index is -0.102. The van der Waals surface area contributed by atoms with E-state index in [2.05, 4.69) is 15.2 Å². The molecule has 7 nitrogen and oxygen atoms in total. The number of rotatable bonds is 3. The van der Waals surface area contributed by atoms with Crippen molar-refractivity contribution in [1.82, 2.24) is 15.2 Å². The van der Waals surface area contributed by atoms with Gasteiger partial charge in [0.15, 0.2) is 11.5 Å². The molecular weight excluding hydrogens is 332 g/mol. The summed E-state index contributed by atoms with van der Waals surface area (Å²) in [7, 11) is 0. The van der Waals surface area contributed by atoms with E-state index in [0.29, 0.717) is 13.1 Å². The number of carbonyl (C=O) groups excluding carboxylic acids is 1. The molecule has 3 heterocycles. The number of nitrogens with one attached hydrogen (secondary N) is 1. The number of pyridine rings is 1. The molecule has 0 radical (unpaired) electrons. The highest BCUT2D eigenvalue weighted by Crippen LogP contribution is 2.34. The topological polar surface area (TPSA) is 66.9 Å². The molecule has 0 spiro atoms. The van der Waals surface area contributed by atoms with E-state index in [-0.39, 0.29) is 18.9 Å². The zero-order valence-electron chi connectivity index (χ0n) is 14.7. The van der Waals surface area contributed by atoms with Crippen molar-refractivity contribution in [3.63, 3.8) is 0 Å². The fraction of sp³-hybridized carbons (Fsp3) is 0.368. The third kappa shape index (κ3) is 3.37. The Bertz CT molecular complexity index is 776. The van der Waals surface area contributed by atoms with E-state index < -0.39 is 0 Å². The molecule has 7 heteroatoms. The smallest absolute Gasteiger partial charge is 0.317 e.